The van der Waals surface area contributed by atoms with Crippen LogP contribution in [0.2, 0.25) is 0 Å². The summed E-state index contributed by atoms with van der Waals surface area (Å²) in [7, 11) is -3.62. The van der Waals surface area contributed by atoms with Crippen molar-refractivity contribution in [3.05, 3.63) is 42.1 Å². The molecule has 8 heteroatoms. The van der Waals surface area contributed by atoms with E-state index in [9.17, 15) is 13.2 Å². The molecule has 0 bridgehead atoms. The van der Waals surface area contributed by atoms with Crippen LogP contribution in [0, 0.1) is 5.92 Å². The molecule has 1 aromatic heterocycles. The molecule has 0 spiro atoms. The van der Waals surface area contributed by atoms with Crippen LogP contribution in [0.3, 0.4) is 0 Å². The minimum absolute atomic E-state index is 0.0236. The quantitative estimate of drug-likeness (QED) is 0.779. The van der Waals surface area contributed by atoms with Crippen molar-refractivity contribution in [3.8, 4) is 0 Å². The van der Waals surface area contributed by atoms with E-state index in [1.807, 2.05) is 11.6 Å². The maximum absolute atomic E-state index is 13.1. The second kappa shape index (κ2) is 7.91. The fraction of sp³-hybridized carbons (Fsp3) is 0.524. The van der Waals surface area contributed by atoms with E-state index < -0.39 is 10.0 Å². The average molecular weight is 417 g/mol. The molecule has 1 amide bonds. The molecule has 1 N–H and O–H groups in total. The number of nitrogens with one attached hydrogen (secondary N) is 1. The van der Waals surface area contributed by atoms with Crippen LogP contribution in [0.1, 0.15) is 62.4 Å². The summed E-state index contributed by atoms with van der Waals surface area (Å²) >= 11 is 0. The molecule has 2 atom stereocenters. The van der Waals surface area contributed by atoms with Crippen molar-refractivity contribution in [3.63, 3.8) is 0 Å². The number of hydrogen-bond acceptors (Lipinski definition) is 4. The lowest BCUT2D eigenvalue weighted by Crippen LogP contribution is -2.41. The second-order valence-corrected chi connectivity index (χ2v) is 10.1. The predicted molar refractivity (Wildman–Crippen MR) is 111 cm³/mol. The van der Waals surface area contributed by atoms with Gasteiger partial charge in [0.2, 0.25) is 10.0 Å². The van der Waals surface area contributed by atoms with E-state index in [1.165, 1.54) is 18.9 Å². The van der Waals surface area contributed by atoms with Gasteiger partial charge in [-0.2, -0.15) is 9.40 Å². The molecule has 2 unspecified atom stereocenters. The van der Waals surface area contributed by atoms with Crippen LogP contribution in [0.25, 0.3) is 0 Å². The molecule has 0 radical (unpaired) electrons. The lowest BCUT2D eigenvalue weighted by Gasteiger charge is -2.32. The lowest BCUT2D eigenvalue weighted by molar-refractivity contribution is 0.102. The third-order valence-corrected chi connectivity index (χ3v) is 8.06. The number of sulfonamides is 1. The van der Waals surface area contributed by atoms with E-state index in [0.29, 0.717) is 23.8 Å². The molecular formula is C21H28N4O3S. The monoisotopic (exact) mass is 416 g/mol. The second-order valence-electron chi connectivity index (χ2n) is 8.18. The Morgan fingerprint density at radius 3 is 2.72 bits per heavy atom. The van der Waals surface area contributed by atoms with E-state index in [4.69, 9.17) is 0 Å². The molecule has 7 nitrogen and oxygen atoms in total. The number of carbonyl (C=O) groups excluding carboxylic acids is 1. The van der Waals surface area contributed by atoms with E-state index in [2.05, 4.69) is 17.3 Å². The molecule has 2 fully saturated rings. The molecule has 2 heterocycles. The summed E-state index contributed by atoms with van der Waals surface area (Å²) in [6.07, 6.45) is 6.82. The van der Waals surface area contributed by atoms with Gasteiger partial charge in [-0.15, -0.1) is 0 Å². The highest BCUT2D eigenvalue weighted by Gasteiger charge is 2.32. The zero-order valence-electron chi connectivity index (χ0n) is 16.9. The van der Waals surface area contributed by atoms with Crippen molar-refractivity contribution in [1.29, 1.82) is 0 Å². The van der Waals surface area contributed by atoms with Crippen molar-refractivity contribution in [1.82, 2.24) is 14.1 Å². The molecular weight excluding hydrogens is 388 g/mol. The zero-order chi connectivity index (χ0) is 20.6. The SMILES string of the molecule is CC1CCCCN1S(=O)(=O)c1cccc(C(=O)Nc2ccnn2C(C)C2CC2)c1. The molecule has 4 rings (SSSR count). The van der Waals surface area contributed by atoms with Gasteiger partial charge in [-0.1, -0.05) is 12.5 Å². The van der Waals surface area contributed by atoms with Gasteiger partial charge < -0.3 is 5.32 Å². The maximum Gasteiger partial charge on any atom is 0.256 e. The summed E-state index contributed by atoms with van der Waals surface area (Å²) < 4.78 is 29.6. The van der Waals surface area contributed by atoms with Gasteiger partial charge in [0.1, 0.15) is 5.82 Å². The first-order valence-electron chi connectivity index (χ1n) is 10.3. The summed E-state index contributed by atoms with van der Waals surface area (Å²) in [6.45, 7) is 4.57. The maximum atomic E-state index is 13.1. The number of amides is 1. The molecule has 156 valence electrons. The van der Waals surface area contributed by atoms with Crippen molar-refractivity contribution in [2.75, 3.05) is 11.9 Å². The summed E-state index contributed by atoms with van der Waals surface area (Å²) in [6, 6.07) is 8.27. The molecule has 1 aromatic carbocycles. The highest BCUT2D eigenvalue weighted by atomic mass is 32.2. The molecule has 1 aliphatic carbocycles. The summed E-state index contributed by atoms with van der Waals surface area (Å²) in [5.74, 6) is 0.899. The lowest BCUT2D eigenvalue weighted by atomic mass is 10.1. The Morgan fingerprint density at radius 1 is 1.21 bits per heavy atom. The Kier molecular flexibility index (Phi) is 5.48. The normalized spacial score (nSPS) is 21.7. The largest absolute Gasteiger partial charge is 0.307 e. The number of nitrogens with zero attached hydrogens (tertiary/aromatic N) is 3. The summed E-state index contributed by atoms with van der Waals surface area (Å²) in [5.41, 5.74) is 0.322. The van der Waals surface area contributed by atoms with Crippen LogP contribution in [0.5, 0.6) is 0 Å². The van der Waals surface area contributed by atoms with Crippen LogP contribution in [-0.4, -0.2) is 41.0 Å². The first kappa shape index (κ1) is 20.1. The van der Waals surface area contributed by atoms with Gasteiger partial charge in [-0.3, -0.25) is 4.79 Å². The molecule has 1 saturated heterocycles. The molecule has 2 aliphatic rings. The van der Waals surface area contributed by atoms with Crippen LogP contribution in [-0.2, 0) is 10.0 Å². The molecule has 29 heavy (non-hydrogen) atoms. The van der Waals surface area contributed by atoms with Gasteiger partial charge in [0.15, 0.2) is 0 Å². The number of hydrogen-bond donors (Lipinski definition) is 1. The van der Waals surface area contributed by atoms with Crippen LogP contribution < -0.4 is 5.32 Å². The van der Waals surface area contributed by atoms with E-state index >= 15 is 0 Å². The number of aromatic nitrogens is 2. The summed E-state index contributed by atoms with van der Waals surface area (Å²) in [5, 5.41) is 7.24. The number of anilines is 1. The van der Waals surface area contributed by atoms with Crippen molar-refractivity contribution in [2.45, 2.75) is 62.9 Å². The van der Waals surface area contributed by atoms with E-state index in [0.717, 1.165) is 19.3 Å². The molecule has 2 aromatic rings. The van der Waals surface area contributed by atoms with Crippen molar-refractivity contribution >= 4 is 21.7 Å². The number of benzene rings is 1. The van der Waals surface area contributed by atoms with Gasteiger partial charge in [0, 0.05) is 24.2 Å². The van der Waals surface area contributed by atoms with Gasteiger partial charge in [-0.05, 0) is 63.6 Å². The van der Waals surface area contributed by atoms with Crippen LogP contribution in [0.4, 0.5) is 5.82 Å². The highest BCUT2D eigenvalue weighted by molar-refractivity contribution is 7.89. The minimum Gasteiger partial charge on any atom is -0.307 e. The van der Waals surface area contributed by atoms with Gasteiger partial charge in [0.25, 0.3) is 5.91 Å². The van der Waals surface area contributed by atoms with Gasteiger partial charge >= 0.3 is 0 Å². The van der Waals surface area contributed by atoms with Crippen molar-refractivity contribution < 1.29 is 13.2 Å². The fourth-order valence-electron chi connectivity index (χ4n) is 4.07. The van der Waals surface area contributed by atoms with Gasteiger partial charge in [0.05, 0.1) is 17.1 Å². The Labute approximate surface area is 172 Å². The Hall–Kier alpha value is -2.19. The standard InChI is InChI=1S/C21H28N4O3S/c1-15-6-3-4-13-24(15)29(27,28)19-8-5-7-18(14-19)21(26)23-20-11-12-22-25(20)16(2)17-9-10-17/h5,7-8,11-12,14-17H,3-4,6,9-10,13H2,1-2H3,(H,23,26). The van der Waals surface area contributed by atoms with Crippen LogP contribution >= 0.6 is 0 Å². The number of piperidine rings is 1. The Morgan fingerprint density at radius 2 is 2.00 bits per heavy atom. The number of carbonyl (C=O) groups is 1. The van der Waals surface area contributed by atoms with E-state index in [1.54, 1.807) is 34.8 Å². The predicted octanol–water partition coefficient (Wildman–Crippen LogP) is 3.67. The minimum atomic E-state index is -3.62. The smallest absolute Gasteiger partial charge is 0.256 e. The Balaban J connectivity index is 1.54. The molecule has 1 saturated carbocycles. The van der Waals surface area contributed by atoms with Gasteiger partial charge in [-0.25, -0.2) is 13.1 Å². The third-order valence-electron chi connectivity index (χ3n) is 6.05. The first-order valence-corrected chi connectivity index (χ1v) is 11.8. The van der Waals surface area contributed by atoms with Crippen molar-refractivity contribution in [2.24, 2.45) is 5.92 Å². The third kappa shape index (κ3) is 4.09. The summed E-state index contributed by atoms with van der Waals surface area (Å²) in [4.78, 5) is 13.0. The Bertz CT molecular complexity index is 997. The van der Waals surface area contributed by atoms with E-state index in [-0.39, 0.29) is 22.9 Å². The average Bonchev–Trinajstić information content (AvgIpc) is 3.47. The fourth-order valence-corrected chi connectivity index (χ4v) is 5.81. The zero-order valence-corrected chi connectivity index (χ0v) is 17.7. The first-order chi connectivity index (χ1) is 13.9. The molecule has 1 aliphatic heterocycles. The topological polar surface area (TPSA) is 84.3 Å². The van der Waals surface area contributed by atoms with Crippen LogP contribution in [0.15, 0.2) is 41.4 Å². The number of rotatable bonds is 6. The highest BCUT2D eigenvalue weighted by Crippen LogP contribution is 2.40.